The van der Waals surface area contributed by atoms with Crippen LogP contribution in [0.3, 0.4) is 0 Å². The molecule has 0 radical (unpaired) electrons. The van der Waals surface area contributed by atoms with Crippen molar-refractivity contribution >= 4 is 11.6 Å². The molecule has 3 rings (SSSR count). The monoisotopic (exact) mass is 388 g/mol. The number of methoxy groups -OCH3 is 1. The second-order valence-corrected chi connectivity index (χ2v) is 7.92. The molecule has 0 aromatic heterocycles. The van der Waals surface area contributed by atoms with Crippen LogP contribution in [0, 0.1) is 5.92 Å². The predicted molar refractivity (Wildman–Crippen MR) is 118 cm³/mol. The Hall–Kier alpha value is -1.55. The molecule has 4 heteroatoms. The number of ether oxygens (including phenoxy) is 1. The van der Waals surface area contributed by atoms with Crippen molar-refractivity contribution in [3.05, 3.63) is 23.8 Å². The first-order valence-electron chi connectivity index (χ1n) is 11.4. The van der Waals surface area contributed by atoms with Crippen molar-refractivity contribution in [1.29, 1.82) is 0 Å². The molecule has 28 heavy (non-hydrogen) atoms. The van der Waals surface area contributed by atoms with E-state index in [1.54, 1.807) is 7.11 Å². The van der Waals surface area contributed by atoms with E-state index in [0.29, 0.717) is 5.92 Å². The van der Waals surface area contributed by atoms with Crippen LogP contribution in [0.1, 0.15) is 83.6 Å². The van der Waals surface area contributed by atoms with Crippen LogP contribution in [-0.4, -0.2) is 37.6 Å². The molecule has 1 aromatic carbocycles. The number of hydrogen-bond acceptors (Lipinski definition) is 3. The number of likely N-dealkylation sites (tertiary alicyclic amines) is 1. The zero-order valence-electron chi connectivity index (χ0n) is 18.4. The lowest BCUT2D eigenvalue weighted by molar-refractivity contribution is -0.121. The van der Waals surface area contributed by atoms with E-state index >= 15 is 0 Å². The Morgan fingerprint density at radius 3 is 2.57 bits per heavy atom. The van der Waals surface area contributed by atoms with Crippen LogP contribution in [0.25, 0.3) is 0 Å². The molecule has 1 aliphatic heterocycles. The molecule has 1 aliphatic carbocycles. The van der Waals surface area contributed by atoms with E-state index in [1.807, 2.05) is 26.0 Å². The van der Waals surface area contributed by atoms with E-state index in [0.717, 1.165) is 50.3 Å². The first kappa shape index (κ1) is 22.7. The van der Waals surface area contributed by atoms with Crippen molar-refractivity contribution in [2.45, 2.75) is 78.1 Å². The highest BCUT2D eigenvalue weighted by atomic mass is 16.5. The molecule has 2 fully saturated rings. The lowest BCUT2D eigenvalue weighted by Crippen LogP contribution is -2.41. The van der Waals surface area contributed by atoms with E-state index in [9.17, 15) is 4.79 Å². The van der Waals surface area contributed by atoms with E-state index < -0.39 is 0 Å². The summed E-state index contributed by atoms with van der Waals surface area (Å²) in [5, 5.41) is 3.27. The Kier molecular flexibility index (Phi) is 9.83. The molecule has 1 unspecified atom stereocenters. The predicted octanol–water partition coefficient (Wildman–Crippen LogP) is 5.83. The average Bonchev–Trinajstić information content (AvgIpc) is 2.76. The Morgan fingerprint density at radius 2 is 1.89 bits per heavy atom. The number of nitrogens with one attached hydrogen (secondary N) is 1. The first-order chi connectivity index (χ1) is 13.7. The largest absolute Gasteiger partial charge is 0.497 e. The zero-order valence-corrected chi connectivity index (χ0v) is 18.4. The minimum absolute atomic E-state index is 0.108. The van der Waals surface area contributed by atoms with E-state index in [-0.39, 0.29) is 11.8 Å². The van der Waals surface area contributed by atoms with Gasteiger partial charge in [-0.15, -0.1) is 0 Å². The molecule has 4 nitrogen and oxygen atoms in total. The fraction of sp³-hybridized carbons (Fsp3) is 0.708. The number of carbonyl (C=O) groups is 1. The molecular formula is C24H40N2O2. The van der Waals surface area contributed by atoms with Gasteiger partial charge in [0.15, 0.2) is 0 Å². The maximum Gasteiger partial charge on any atom is 0.228 e. The van der Waals surface area contributed by atoms with Crippen LogP contribution in [0.2, 0.25) is 0 Å². The van der Waals surface area contributed by atoms with E-state index in [4.69, 9.17) is 4.74 Å². The molecule has 158 valence electrons. The third kappa shape index (κ3) is 6.23. The molecule has 1 saturated heterocycles. The van der Waals surface area contributed by atoms with Crippen LogP contribution in [-0.2, 0) is 4.79 Å². The van der Waals surface area contributed by atoms with Gasteiger partial charge in [-0.3, -0.25) is 4.79 Å². The molecule has 1 heterocycles. The Labute approximate surface area is 172 Å². The highest BCUT2D eigenvalue weighted by Crippen LogP contribution is 2.38. The minimum atomic E-state index is 0.108. The second kappa shape index (κ2) is 12.1. The number of benzene rings is 1. The number of anilines is 1. The van der Waals surface area contributed by atoms with Crippen molar-refractivity contribution in [3.63, 3.8) is 0 Å². The van der Waals surface area contributed by atoms with Crippen LogP contribution in [0.4, 0.5) is 5.69 Å². The molecular weight excluding hydrogens is 348 g/mol. The van der Waals surface area contributed by atoms with Gasteiger partial charge in [0.2, 0.25) is 5.91 Å². The molecule has 0 spiro atoms. The quantitative estimate of drug-likeness (QED) is 0.666. The summed E-state index contributed by atoms with van der Waals surface area (Å²) >= 11 is 0. The van der Waals surface area contributed by atoms with Crippen LogP contribution < -0.4 is 10.1 Å². The van der Waals surface area contributed by atoms with Crippen molar-refractivity contribution in [2.75, 3.05) is 32.1 Å². The lowest BCUT2D eigenvalue weighted by atomic mass is 9.83. The van der Waals surface area contributed by atoms with Gasteiger partial charge in [-0.25, -0.2) is 0 Å². The Morgan fingerprint density at radius 1 is 1.14 bits per heavy atom. The normalized spacial score (nSPS) is 20.8. The van der Waals surface area contributed by atoms with Crippen molar-refractivity contribution < 1.29 is 9.53 Å². The molecule has 1 atom stereocenters. The molecule has 0 bridgehead atoms. The number of nitrogens with zero attached hydrogens (tertiary/aromatic N) is 1. The van der Waals surface area contributed by atoms with E-state index in [1.165, 1.54) is 37.7 Å². The van der Waals surface area contributed by atoms with Gasteiger partial charge in [0.1, 0.15) is 5.75 Å². The maximum atomic E-state index is 12.9. The van der Waals surface area contributed by atoms with Crippen LogP contribution in [0.5, 0.6) is 5.75 Å². The number of amides is 1. The summed E-state index contributed by atoms with van der Waals surface area (Å²) in [5.74, 6) is 1.72. The Balaban J connectivity index is 0.00000136. The summed E-state index contributed by atoms with van der Waals surface area (Å²) in [7, 11) is 1.71. The van der Waals surface area contributed by atoms with Gasteiger partial charge in [-0.2, -0.15) is 0 Å². The standard InChI is InChI=1S/C22H34N2O2.C2H6/c1-3-13-24-14-7-10-18(16-24)22(25)23-21-12-11-19(26-2)15-20(21)17-8-5-4-6-9-17;1-2/h11-12,15,17-18H,3-10,13-14,16H2,1-2H3,(H,23,25);1-2H3. The van der Waals surface area contributed by atoms with Gasteiger partial charge in [-0.1, -0.05) is 40.0 Å². The van der Waals surface area contributed by atoms with Gasteiger partial charge in [0.25, 0.3) is 0 Å². The van der Waals surface area contributed by atoms with Crippen molar-refractivity contribution in [3.8, 4) is 5.75 Å². The number of piperidine rings is 1. The second-order valence-electron chi connectivity index (χ2n) is 7.92. The smallest absolute Gasteiger partial charge is 0.228 e. The van der Waals surface area contributed by atoms with Gasteiger partial charge >= 0.3 is 0 Å². The molecule has 1 saturated carbocycles. The fourth-order valence-electron chi connectivity index (χ4n) is 4.56. The molecule has 2 aliphatic rings. The summed E-state index contributed by atoms with van der Waals surface area (Å²) in [5.41, 5.74) is 2.26. The van der Waals surface area contributed by atoms with Gasteiger partial charge in [0, 0.05) is 12.2 Å². The van der Waals surface area contributed by atoms with E-state index in [2.05, 4.69) is 23.2 Å². The number of hydrogen-bond donors (Lipinski definition) is 1. The summed E-state index contributed by atoms with van der Waals surface area (Å²) in [6.45, 7) is 9.33. The highest BCUT2D eigenvalue weighted by molar-refractivity contribution is 5.93. The van der Waals surface area contributed by atoms with Gasteiger partial charge in [-0.05, 0) is 74.9 Å². The van der Waals surface area contributed by atoms with Crippen LogP contribution in [0.15, 0.2) is 18.2 Å². The third-order valence-electron chi connectivity index (χ3n) is 5.98. The SMILES string of the molecule is CC.CCCN1CCCC(C(=O)Nc2ccc(OC)cc2C2CCCCC2)C1. The first-order valence-corrected chi connectivity index (χ1v) is 11.4. The average molecular weight is 389 g/mol. The van der Waals surface area contributed by atoms with Gasteiger partial charge in [0.05, 0.1) is 13.0 Å². The summed E-state index contributed by atoms with van der Waals surface area (Å²) in [6, 6.07) is 6.13. The minimum Gasteiger partial charge on any atom is -0.497 e. The summed E-state index contributed by atoms with van der Waals surface area (Å²) in [4.78, 5) is 15.4. The number of rotatable bonds is 6. The fourth-order valence-corrected chi connectivity index (χ4v) is 4.56. The van der Waals surface area contributed by atoms with Crippen molar-refractivity contribution in [1.82, 2.24) is 4.90 Å². The molecule has 1 amide bonds. The highest BCUT2D eigenvalue weighted by Gasteiger charge is 2.27. The lowest BCUT2D eigenvalue weighted by Gasteiger charge is -2.32. The summed E-state index contributed by atoms with van der Waals surface area (Å²) in [6.07, 6.45) is 9.59. The third-order valence-corrected chi connectivity index (χ3v) is 5.98. The Bertz CT molecular complexity index is 594. The number of carbonyl (C=O) groups excluding carboxylic acids is 1. The van der Waals surface area contributed by atoms with Gasteiger partial charge < -0.3 is 15.0 Å². The maximum absolute atomic E-state index is 12.9. The zero-order chi connectivity index (χ0) is 20.4. The molecule has 1 N–H and O–H groups in total. The molecule has 1 aromatic rings. The topological polar surface area (TPSA) is 41.6 Å². The van der Waals surface area contributed by atoms with Crippen LogP contribution >= 0.6 is 0 Å². The summed E-state index contributed by atoms with van der Waals surface area (Å²) < 4.78 is 5.44. The van der Waals surface area contributed by atoms with Crippen molar-refractivity contribution in [2.24, 2.45) is 5.92 Å².